The Labute approximate surface area is 187 Å². The van der Waals surface area contributed by atoms with Gasteiger partial charge in [0.1, 0.15) is 0 Å². The van der Waals surface area contributed by atoms with E-state index in [-0.39, 0.29) is 29.6 Å². The lowest BCUT2D eigenvalue weighted by Crippen LogP contribution is -2.53. The van der Waals surface area contributed by atoms with Crippen molar-refractivity contribution >= 4 is 51.8 Å². The molecule has 2 heterocycles. The lowest BCUT2D eigenvalue weighted by atomic mass is 10.1. The van der Waals surface area contributed by atoms with Crippen LogP contribution in [-0.2, 0) is 4.74 Å². The Hall–Kier alpha value is -0.880. The highest BCUT2D eigenvalue weighted by atomic mass is 127. The highest BCUT2D eigenvalue weighted by molar-refractivity contribution is 14.0. The molecule has 0 unspecified atom stereocenters. The van der Waals surface area contributed by atoms with Crippen molar-refractivity contribution in [3.8, 4) is 5.88 Å². The molecule has 10 heteroatoms. The van der Waals surface area contributed by atoms with Gasteiger partial charge in [-0.1, -0.05) is 0 Å². The third-order valence-electron chi connectivity index (χ3n) is 4.25. The van der Waals surface area contributed by atoms with Gasteiger partial charge in [-0.3, -0.25) is 4.99 Å². The van der Waals surface area contributed by atoms with Gasteiger partial charge in [-0.05, 0) is 36.7 Å². The molecule has 8 nitrogen and oxygen atoms in total. The molecular formula is C17H30BrIN6O2. The third kappa shape index (κ3) is 6.90. The third-order valence-corrected chi connectivity index (χ3v) is 4.80. The Bertz CT molecular complexity index is 623. The van der Waals surface area contributed by atoms with Crippen LogP contribution in [0.15, 0.2) is 15.7 Å². The van der Waals surface area contributed by atoms with Crippen LogP contribution < -0.4 is 15.0 Å². The molecule has 0 amide bonds. The number of nitrogens with zero attached hydrogens (tertiary/aromatic N) is 5. The van der Waals surface area contributed by atoms with Crippen molar-refractivity contribution in [3.05, 3.63) is 10.7 Å². The van der Waals surface area contributed by atoms with E-state index in [2.05, 4.69) is 47.9 Å². The average Bonchev–Trinajstić information content (AvgIpc) is 2.66. The maximum Gasteiger partial charge on any atom is 0.232 e. The number of aliphatic imine (C=N–C) groups is 1. The monoisotopic (exact) mass is 556 g/mol. The first kappa shape index (κ1) is 24.2. The first-order valence-electron chi connectivity index (χ1n) is 8.80. The zero-order chi connectivity index (χ0) is 19.2. The summed E-state index contributed by atoms with van der Waals surface area (Å²) in [6, 6.07) is 0. The van der Waals surface area contributed by atoms with Crippen LogP contribution in [-0.4, -0.2) is 79.9 Å². The number of piperazine rings is 1. The SMILES string of the molecule is CCNC(=NCC(C)(C)OC)N1CCN(c2ncc(Br)c(OC)n2)CC1.I. The van der Waals surface area contributed by atoms with E-state index in [1.807, 2.05) is 13.8 Å². The summed E-state index contributed by atoms with van der Waals surface area (Å²) >= 11 is 3.39. The Balaban J connectivity index is 0.00000364. The second-order valence-electron chi connectivity index (χ2n) is 6.64. The summed E-state index contributed by atoms with van der Waals surface area (Å²) in [7, 11) is 3.32. The molecule has 0 bridgehead atoms. The predicted octanol–water partition coefficient (Wildman–Crippen LogP) is 2.38. The number of methoxy groups -OCH3 is 2. The highest BCUT2D eigenvalue weighted by Crippen LogP contribution is 2.23. The molecule has 1 fully saturated rings. The molecule has 1 N–H and O–H groups in total. The minimum absolute atomic E-state index is 0. The number of nitrogens with one attached hydrogen (secondary N) is 1. The van der Waals surface area contributed by atoms with Gasteiger partial charge in [0.05, 0.1) is 29.9 Å². The van der Waals surface area contributed by atoms with Crippen molar-refractivity contribution in [1.29, 1.82) is 0 Å². The normalized spacial score (nSPS) is 15.4. The first-order valence-corrected chi connectivity index (χ1v) is 9.59. The van der Waals surface area contributed by atoms with E-state index in [0.717, 1.165) is 43.2 Å². The molecule has 0 atom stereocenters. The van der Waals surface area contributed by atoms with Crippen LogP contribution in [0.25, 0.3) is 0 Å². The molecule has 1 aliphatic rings. The average molecular weight is 557 g/mol. The lowest BCUT2D eigenvalue weighted by molar-refractivity contribution is 0.0309. The van der Waals surface area contributed by atoms with Crippen molar-refractivity contribution in [2.75, 3.05) is 58.4 Å². The van der Waals surface area contributed by atoms with Gasteiger partial charge in [-0.15, -0.1) is 24.0 Å². The molecule has 154 valence electrons. The molecule has 1 aromatic rings. The summed E-state index contributed by atoms with van der Waals surface area (Å²) in [5.74, 6) is 2.16. The molecule has 0 spiro atoms. The Morgan fingerprint density at radius 3 is 2.52 bits per heavy atom. The van der Waals surface area contributed by atoms with Gasteiger partial charge in [0.2, 0.25) is 11.8 Å². The van der Waals surface area contributed by atoms with Gasteiger partial charge in [-0.2, -0.15) is 4.98 Å². The fourth-order valence-corrected chi connectivity index (χ4v) is 2.87. The van der Waals surface area contributed by atoms with Crippen molar-refractivity contribution in [1.82, 2.24) is 20.2 Å². The quantitative estimate of drug-likeness (QED) is 0.327. The van der Waals surface area contributed by atoms with Crippen LogP contribution in [0.4, 0.5) is 5.95 Å². The number of anilines is 1. The number of ether oxygens (including phenoxy) is 2. The van der Waals surface area contributed by atoms with Gasteiger partial charge < -0.3 is 24.6 Å². The maximum atomic E-state index is 5.47. The zero-order valence-electron chi connectivity index (χ0n) is 16.7. The largest absolute Gasteiger partial charge is 0.480 e. The number of rotatable bonds is 6. The molecule has 2 rings (SSSR count). The standard InChI is InChI=1S/C17H29BrN6O2.HI/c1-6-19-15(21-12-17(2,3)26-5)23-7-9-24(10-8-23)16-20-11-13(18)14(22-16)25-4;/h11H,6-10,12H2,1-5H3,(H,19,21);1H. The predicted molar refractivity (Wildman–Crippen MR) is 123 cm³/mol. The van der Waals surface area contributed by atoms with Gasteiger partial charge >= 0.3 is 0 Å². The minimum Gasteiger partial charge on any atom is -0.480 e. The second-order valence-corrected chi connectivity index (χ2v) is 7.49. The smallest absolute Gasteiger partial charge is 0.232 e. The summed E-state index contributed by atoms with van der Waals surface area (Å²) in [6.45, 7) is 10.9. The van der Waals surface area contributed by atoms with E-state index in [4.69, 9.17) is 14.5 Å². The molecule has 27 heavy (non-hydrogen) atoms. The summed E-state index contributed by atoms with van der Waals surface area (Å²) in [5.41, 5.74) is -0.273. The van der Waals surface area contributed by atoms with Crippen LogP contribution in [0.1, 0.15) is 20.8 Å². The van der Waals surface area contributed by atoms with Crippen molar-refractivity contribution in [2.45, 2.75) is 26.4 Å². The van der Waals surface area contributed by atoms with Gasteiger partial charge in [0, 0.05) is 39.8 Å². The van der Waals surface area contributed by atoms with E-state index in [1.54, 1.807) is 20.4 Å². The molecule has 0 saturated carbocycles. The summed E-state index contributed by atoms with van der Waals surface area (Å²) in [5, 5.41) is 3.37. The number of halogens is 2. The molecule has 1 saturated heterocycles. The molecular weight excluding hydrogens is 527 g/mol. The summed E-state index contributed by atoms with van der Waals surface area (Å²) in [6.07, 6.45) is 1.73. The van der Waals surface area contributed by atoms with E-state index >= 15 is 0 Å². The minimum atomic E-state index is -0.273. The van der Waals surface area contributed by atoms with E-state index in [9.17, 15) is 0 Å². The van der Waals surface area contributed by atoms with E-state index in [1.165, 1.54) is 0 Å². The van der Waals surface area contributed by atoms with Crippen molar-refractivity contribution < 1.29 is 9.47 Å². The maximum absolute atomic E-state index is 5.47. The van der Waals surface area contributed by atoms with E-state index in [0.29, 0.717) is 18.4 Å². The lowest BCUT2D eigenvalue weighted by Gasteiger charge is -2.36. The number of guanidine groups is 1. The number of hydrogen-bond donors (Lipinski definition) is 1. The van der Waals surface area contributed by atoms with E-state index < -0.39 is 0 Å². The van der Waals surface area contributed by atoms with Crippen LogP contribution in [0.2, 0.25) is 0 Å². The van der Waals surface area contributed by atoms with Crippen LogP contribution in [0.5, 0.6) is 5.88 Å². The Kier molecular flexibility index (Phi) is 10.0. The highest BCUT2D eigenvalue weighted by Gasteiger charge is 2.23. The fourth-order valence-electron chi connectivity index (χ4n) is 2.51. The van der Waals surface area contributed by atoms with Crippen LogP contribution >= 0.6 is 39.9 Å². The Morgan fingerprint density at radius 2 is 1.96 bits per heavy atom. The summed E-state index contributed by atoms with van der Waals surface area (Å²) in [4.78, 5) is 18.0. The molecule has 0 aliphatic carbocycles. The first-order chi connectivity index (χ1) is 12.4. The number of hydrogen-bond acceptors (Lipinski definition) is 6. The van der Waals surface area contributed by atoms with Crippen molar-refractivity contribution in [2.24, 2.45) is 4.99 Å². The summed E-state index contributed by atoms with van der Waals surface area (Å²) < 4.78 is 11.5. The molecule has 1 aromatic heterocycles. The van der Waals surface area contributed by atoms with Crippen molar-refractivity contribution in [3.63, 3.8) is 0 Å². The molecule has 0 aromatic carbocycles. The van der Waals surface area contributed by atoms with Gasteiger partial charge in [0.15, 0.2) is 5.96 Å². The molecule has 1 aliphatic heterocycles. The number of aromatic nitrogens is 2. The van der Waals surface area contributed by atoms with Gasteiger partial charge in [-0.25, -0.2) is 4.98 Å². The van der Waals surface area contributed by atoms with Crippen LogP contribution in [0.3, 0.4) is 0 Å². The topological polar surface area (TPSA) is 75.1 Å². The fraction of sp³-hybridized carbons (Fsp3) is 0.706. The van der Waals surface area contributed by atoms with Gasteiger partial charge in [0.25, 0.3) is 0 Å². The second kappa shape index (κ2) is 11.2. The van der Waals surface area contributed by atoms with Crippen LogP contribution in [0, 0.1) is 0 Å². The Morgan fingerprint density at radius 1 is 1.30 bits per heavy atom. The molecule has 0 radical (unpaired) electrons. The zero-order valence-corrected chi connectivity index (χ0v) is 20.6.